The van der Waals surface area contributed by atoms with Crippen molar-refractivity contribution in [1.29, 1.82) is 0 Å². The molecule has 0 bridgehead atoms. The Kier molecular flexibility index (Phi) is 7.34. The molecule has 0 unspecified atom stereocenters. The summed E-state index contributed by atoms with van der Waals surface area (Å²) >= 11 is 6.04. The first kappa shape index (κ1) is 24.6. The number of pyridine rings is 2. The number of aliphatic hydroxyl groups is 1. The van der Waals surface area contributed by atoms with Gasteiger partial charge in [0, 0.05) is 63.3 Å². The second-order valence-electron chi connectivity index (χ2n) is 8.51. The van der Waals surface area contributed by atoms with Crippen LogP contribution in [0.15, 0.2) is 47.5 Å². The molecule has 0 aliphatic carbocycles. The maximum absolute atomic E-state index is 14.5. The second kappa shape index (κ2) is 10.4. The number of carbonyl (C=O) groups excluding carboxylic acids is 1. The summed E-state index contributed by atoms with van der Waals surface area (Å²) in [5, 5.41) is 15.7. The molecular weight excluding hydrogens is 475 g/mol. The van der Waals surface area contributed by atoms with Crippen LogP contribution in [0.4, 0.5) is 21.6 Å². The number of benzene rings is 1. The van der Waals surface area contributed by atoms with Gasteiger partial charge in [-0.1, -0.05) is 11.6 Å². The van der Waals surface area contributed by atoms with Crippen molar-refractivity contribution in [3.8, 4) is 11.1 Å². The molecule has 0 saturated carbocycles. The van der Waals surface area contributed by atoms with Crippen LogP contribution < -0.4 is 21.1 Å². The summed E-state index contributed by atoms with van der Waals surface area (Å²) in [7, 11) is 3.51. The van der Waals surface area contributed by atoms with Crippen molar-refractivity contribution in [3.05, 3.63) is 69.5 Å². The van der Waals surface area contributed by atoms with E-state index in [0.717, 1.165) is 0 Å². The van der Waals surface area contributed by atoms with Gasteiger partial charge in [-0.3, -0.25) is 19.5 Å². The Bertz CT molecular complexity index is 1290. The van der Waals surface area contributed by atoms with E-state index in [1.807, 2.05) is 4.90 Å². The number of nitrogens with zero attached hydrogens (tertiary/aromatic N) is 3. The molecule has 184 valence electrons. The molecule has 4 rings (SSSR count). The van der Waals surface area contributed by atoms with Crippen LogP contribution >= 0.6 is 11.6 Å². The zero-order valence-electron chi connectivity index (χ0n) is 19.3. The van der Waals surface area contributed by atoms with Gasteiger partial charge >= 0.3 is 0 Å². The number of hydrogen-bond donors (Lipinski definition) is 4. The van der Waals surface area contributed by atoms with Crippen molar-refractivity contribution in [3.63, 3.8) is 0 Å². The molecule has 11 heteroatoms. The van der Waals surface area contributed by atoms with Crippen LogP contribution in [0.5, 0.6) is 0 Å². The lowest BCUT2D eigenvalue weighted by Gasteiger charge is -2.35. The first-order valence-corrected chi connectivity index (χ1v) is 11.4. The zero-order chi connectivity index (χ0) is 25.1. The number of rotatable bonds is 8. The highest BCUT2D eigenvalue weighted by Gasteiger charge is 2.24. The minimum Gasteiger partial charge on any atom is -0.390 e. The largest absolute Gasteiger partial charge is 0.390 e. The molecule has 1 amide bonds. The first-order chi connectivity index (χ1) is 16.7. The van der Waals surface area contributed by atoms with E-state index >= 15 is 0 Å². The van der Waals surface area contributed by atoms with Gasteiger partial charge in [0.1, 0.15) is 11.6 Å². The Morgan fingerprint density at radius 1 is 1.26 bits per heavy atom. The molecular formula is C24H26ClFN6O3. The minimum absolute atomic E-state index is 0.0657. The summed E-state index contributed by atoms with van der Waals surface area (Å²) in [6, 6.07) is 7.18. The summed E-state index contributed by atoms with van der Waals surface area (Å²) in [6.45, 7) is 2.25. The fraction of sp³-hybridized carbons (Fsp3) is 0.292. The lowest BCUT2D eigenvalue weighted by molar-refractivity contribution is 0.00336. The SMILES string of the molecule is CN(C)c1[nH]c(=O)c(-c2cc(Cl)ccc2F)cc1Nc1ccncc1C(=O)NCCN1CC(O)C1. The van der Waals surface area contributed by atoms with Crippen molar-refractivity contribution in [2.45, 2.75) is 6.10 Å². The fourth-order valence-corrected chi connectivity index (χ4v) is 4.02. The first-order valence-electron chi connectivity index (χ1n) is 11.0. The smallest absolute Gasteiger partial charge is 0.257 e. The van der Waals surface area contributed by atoms with Gasteiger partial charge in [-0.25, -0.2) is 4.39 Å². The molecule has 1 aliphatic rings. The van der Waals surface area contributed by atoms with Gasteiger partial charge in [0.05, 0.1) is 28.6 Å². The number of aromatic amines is 1. The highest BCUT2D eigenvalue weighted by atomic mass is 35.5. The predicted octanol–water partition coefficient (Wildman–Crippen LogP) is 2.45. The van der Waals surface area contributed by atoms with E-state index in [1.165, 1.54) is 30.5 Å². The number of anilines is 3. The number of carbonyl (C=O) groups is 1. The van der Waals surface area contributed by atoms with Crippen LogP contribution in [0, 0.1) is 5.82 Å². The summed E-state index contributed by atoms with van der Waals surface area (Å²) in [5.41, 5.74) is 0.904. The molecule has 2 aromatic heterocycles. The van der Waals surface area contributed by atoms with Gasteiger partial charge in [-0.05, 0) is 30.3 Å². The van der Waals surface area contributed by atoms with E-state index in [4.69, 9.17) is 11.6 Å². The van der Waals surface area contributed by atoms with E-state index in [0.29, 0.717) is 54.0 Å². The highest BCUT2D eigenvalue weighted by molar-refractivity contribution is 6.30. The van der Waals surface area contributed by atoms with E-state index in [-0.39, 0.29) is 23.1 Å². The Hall–Kier alpha value is -3.47. The Morgan fingerprint density at radius 2 is 2.03 bits per heavy atom. The van der Waals surface area contributed by atoms with Crippen molar-refractivity contribution in [1.82, 2.24) is 20.2 Å². The van der Waals surface area contributed by atoms with Crippen LogP contribution in [-0.2, 0) is 0 Å². The van der Waals surface area contributed by atoms with Gasteiger partial charge in [-0.2, -0.15) is 0 Å². The Labute approximate surface area is 206 Å². The number of hydrogen-bond acceptors (Lipinski definition) is 7. The predicted molar refractivity (Wildman–Crippen MR) is 134 cm³/mol. The average Bonchev–Trinajstić information content (AvgIpc) is 2.80. The molecule has 35 heavy (non-hydrogen) atoms. The van der Waals surface area contributed by atoms with Gasteiger partial charge in [0.25, 0.3) is 11.5 Å². The van der Waals surface area contributed by atoms with Crippen molar-refractivity contribution >= 4 is 34.7 Å². The molecule has 9 nitrogen and oxygen atoms in total. The minimum atomic E-state index is -0.581. The molecule has 0 spiro atoms. The number of nitrogens with one attached hydrogen (secondary N) is 3. The van der Waals surface area contributed by atoms with Gasteiger partial charge in [-0.15, -0.1) is 0 Å². The summed E-state index contributed by atoms with van der Waals surface area (Å²) < 4.78 is 14.5. The Morgan fingerprint density at radius 3 is 2.74 bits per heavy atom. The standard InChI is InChI=1S/C24H26ClFN6O3/c1-31(2)22-21(10-17(24(35)30-22)16-9-14(25)3-4-19(16)26)29-20-5-6-27-11-18(20)23(34)28-7-8-32-12-15(33)13-32/h3-6,9-11,15,33H,7-8,12-13H2,1-2H3,(H,27,29)(H,28,34)(H,30,35). The second-order valence-corrected chi connectivity index (χ2v) is 8.95. The quantitative estimate of drug-likeness (QED) is 0.375. The number of β-amino-alcohol motifs (C(OH)–C–C–N with tert-alkyl or cyclic N) is 1. The van der Waals surface area contributed by atoms with Gasteiger partial charge in [0.15, 0.2) is 0 Å². The lowest BCUT2D eigenvalue weighted by atomic mass is 10.1. The van der Waals surface area contributed by atoms with Gasteiger partial charge < -0.3 is 25.6 Å². The highest BCUT2D eigenvalue weighted by Crippen LogP contribution is 2.31. The number of aromatic nitrogens is 2. The maximum Gasteiger partial charge on any atom is 0.257 e. The topological polar surface area (TPSA) is 114 Å². The van der Waals surface area contributed by atoms with E-state index in [9.17, 15) is 19.1 Å². The number of aliphatic hydroxyl groups excluding tert-OH is 1. The number of halogens is 2. The van der Waals surface area contributed by atoms with Crippen LogP contribution in [0.1, 0.15) is 10.4 Å². The summed E-state index contributed by atoms with van der Waals surface area (Å²) in [4.78, 5) is 36.2. The molecule has 0 atom stereocenters. The molecule has 3 aromatic rings. The number of amides is 1. The molecule has 1 aliphatic heterocycles. The van der Waals surface area contributed by atoms with Crippen molar-refractivity contribution < 1.29 is 14.3 Å². The third-order valence-corrected chi connectivity index (χ3v) is 5.91. The van der Waals surface area contributed by atoms with Crippen LogP contribution in [0.3, 0.4) is 0 Å². The summed E-state index contributed by atoms with van der Waals surface area (Å²) in [5.74, 6) is -0.457. The number of likely N-dealkylation sites (tertiary alicyclic amines) is 1. The normalized spacial score (nSPS) is 13.9. The molecule has 1 aromatic carbocycles. The lowest BCUT2D eigenvalue weighted by Crippen LogP contribution is -2.52. The van der Waals surface area contributed by atoms with E-state index < -0.39 is 11.4 Å². The molecule has 3 heterocycles. The molecule has 0 radical (unpaired) electrons. The van der Waals surface area contributed by atoms with Crippen LogP contribution in [0.25, 0.3) is 11.1 Å². The molecule has 4 N–H and O–H groups in total. The maximum atomic E-state index is 14.5. The summed E-state index contributed by atoms with van der Waals surface area (Å²) in [6.07, 6.45) is 2.69. The number of H-pyrrole nitrogens is 1. The average molecular weight is 501 g/mol. The van der Waals surface area contributed by atoms with E-state index in [1.54, 1.807) is 31.3 Å². The van der Waals surface area contributed by atoms with Crippen molar-refractivity contribution in [2.75, 3.05) is 50.5 Å². The van der Waals surface area contributed by atoms with Crippen LogP contribution in [0.2, 0.25) is 5.02 Å². The Balaban J connectivity index is 1.62. The zero-order valence-corrected chi connectivity index (χ0v) is 20.1. The van der Waals surface area contributed by atoms with Crippen molar-refractivity contribution in [2.24, 2.45) is 0 Å². The molecule has 1 fully saturated rings. The fourth-order valence-electron chi connectivity index (χ4n) is 3.85. The third-order valence-electron chi connectivity index (χ3n) is 5.67. The third kappa shape index (κ3) is 5.61. The monoisotopic (exact) mass is 500 g/mol. The van der Waals surface area contributed by atoms with Gasteiger partial charge in [0.2, 0.25) is 0 Å². The van der Waals surface area contributed by atoms with E-state index in [2.05, 4.69) is 20.6 Å². The van der Waals surface area contributed by atoms with Crippen LogP contribution in [-0.4, -0.2) is 72.3 Å². The molecule has 1 saturated heterocycles.